The van der Waals surface area contributed by atoms with Gasteiger partial charge in [-0.3, -0.25) is 0 Å². The molecule has 0 atom stereocenters. The van der Waals surface area contributed by atoms with Crippen molar-refractivity contribution in [3.05, 3.63) is 47.5 Å². The van der Waals surface area contributed by atoms with Crippen LogP contribution in [-0.4, -0.2) is 11.3 Å². The van der Waals surface area contributed by atoms with Crippen LogP contribution in [0.3, 0.4) is 0 Å². The molecule has 1 aromatic heterocycles. The highest BCUT2D eigenvalue weighted by molar-refractivity contribution is 6.30. The zero-order chi connectivity index (χ0) is 14.0. The van der Waals surface area contributed by atoms with Crippen molar-refractivity contribution in [2.45, 2.75) is 6.36 Å². The Balaban J connectivity index is 2.40. The normalized spacial score (nSPS) is 11.4. The van der Waals surface area contributed by atoms with Crippen molar-refractivity contribution >= 4 is 11.6 Å². The van der Waals surface area contributed by atoms with Crippen molar-refractivity contribution in [3.8, 4) is 16.9 Å². The van der Waals surface area contributed by atoms with Gasteiger partial charge in [-0.2, -0.15) is 4.39 Å². The molecule has 2 rings (SSSR count). The van der Waals surface area contributed by atoms with Gasteiger partial charge in [-0.05, 0) is 23.8 Å². The summed E-state index contributed by atoms with van der Waals surface area (Å²) < 4.78 is 53.5. The van der Waals surface area contributed by atoms with Gasteiger partial charge in [0, 0.05) is 11.8 Å². The van der Waals surface area contributed by atoms with Crippen LogP contribution in [0.4, 0.5) is 17.6 Å². The summed E-state index contributed by atoms with van der Waals surface area (Å²) in [6.07, 6.45) is -3.69. The van der Waals surface area contributed by atoms with Crippen LogP contribution in [-0.2, 0) is 0 Å². The molecule has 0 radical (unpaired) electrons. The van der Waals surface area contributed by atoms with Crippen LogP contribution in [0.5, 0.6) is 5.75 Å². The molecule has 0 N–H and O–H groups in total. The summed E-state index contributed by atoms with van der Waals surface area (Å²) in [6, 6.07) is 6.20. The number of halogens is 5. The lowest BCUT2D eigenvalue weighted by Gasteiger charge is -2.10. The minimum atomic E-state index is -4.80. The molecule has 0 fully saturated rings. The largest absolute Gasteiger partial charge is 0.573 e. The van der Waals surface area contributed by atoms with Gasteiger partial charge in [0.05, 0.1) is 5.02 Å². The molecule has 0 unspecified atom stereocenters. The average Bonchev–Trinajstić information content (AvgIpc) is 2.30. The summed E-state index contributed by atoms with van der Waals surface area (Å²) in [6.45, 7) is 0. The fourth-order valence-electron chi connectivity index (χ4n) is 1.49. The van der Waals surface area contributed by atoms with Gasteiger partial charge in [0.1, 0.15) is 5.75 Å². The van der Waals surface area contributed by atoms with Gasteiger partial charge in [0.25, 0.3) is 0 Å². The van der Waals surface area contributed by atoms with Crippen molar-refractivity contribution in [1.82, 2.24) is 4.98 Å². The van der Waals surface area contributed by atoms with E-state index in [-0.39, 0.29) is 16.1 Å². The predicted molar refractivity (Wildman–Crippen MR) is 61.3 cm³/mol. The van der Waals surface area contributed by atoms with E-state index in [0.29, 0.717) is 0 Å². The first-order valence-corrected chi connectivity index (χ1v) is 5.40. The Kier molecular flexibility index (Phi) is 3.61. The summed E-state index contributed by atoms with van der Waals surface area (Å²) in [4.78, 5) is 3.40. The topological polar surface area (TPSA) is 22.1 Å². The summed E-state index contributed by atoms with van der Waals surface area (Å²) in [5, 5.41) is 0.179. The Labute approximate surface area is 110 Å². The number of pyridine rings is 1. The molecule has 1 heterocycles. The minimum absolute atomic E-state index is 0.000115. The Hall–Kier alpha value is -1.82. The standard InChI is InChI=1S/C12H6ClF4NO/c13-8-5-10(11(14)18-6-8)7-2-1-3-9(4-7)19-12(15,16)17/h1-6H. The smallest absolute Gasteiger partial charge is 0.406 e. The maximum absolute atomic E-state index is 13.5. The van der Waals surface area contributed by atoms with Gasteiger partial charge in [-0.25, -0.2) is 4.98 Å². The number of alkyl halides is 3. The van der Waals surface area contributed by atoms with E-state index in [1.807, 2.05) is 0 Å². The predicted octanol–water partition coefficient (Wildman–Crippen LogP) is 4.44. The molecule has 7 heteroatoms. The SMILES string of the molecule is Fc1ncc(Cl)cc1-c1cccc(OC(F)(F)F)c1. The van der Waals surface area contributed by atoms with Crippen LogP contribution in [0, 0.1) is 5.95 Å². The van der Waals surface area contributed by atoms with E-state index >= 15 is 0 Å². The molecule has 0 saturated heterocycles. The monoisotopic (exact) mass is 291 g/mol. The number of aromatic nitrogens is 1. The highest BCUT2D eigenvalue weighted by atomic mass is 35.5. The number of nitrogens with zero attached hydrogens (tertiary/aromatic N) is 1. The van der Waals surface area contributed by atoms with Gasteiger partial charge in [0.2, 0.25) is 5.95 Å². The summed E-state index contributed by atoms with van der Waals surface area (Å²) >= 11 is 5.67. The third-order valence-electron chi connectivity index (χ3n) is 2.18. The summed E-state index contributed by atoms with van der Waals surface area (Å²) in [7, 11) is 0. The summed E-state index contributed by atoms with van der Waals surface area (Å²) in [5.41, 5.74) is 0.189. The fourth-order valence-corrected chi connectivity index (χ4v) is 1.64. The van der Waals surface area contributed by atoms with E-state index in [1.54, 1.807) is 0 Å². The van der Waals surface area contributed by atoms with Gasteiger partial charge >= 0.3 is 6.36 Å². The van der Waals surface area contributed by atoms with Crippen LogP contribution in [0.15, 0.2) is 36.5 Å². The van der Waals surface area contributed by atoms with Gasteiger partial charge < -0.3 is 4.74 Å². The van der Waals surface area contributed by atoms with Crippen molar-refractivity contribution in [2.24, 2.45) is 0 Å². The van der Waals surface area contributed by atoms with Crippen LogP contribution >= 0.6 is 11.6 Å². The molecule has 0 saturated carbocycles. The molecule has 0 amide bonds. The molecular weight excluding hydrogens is 286 g/mol. The number of rotatable bonds is 2. The van der Waals surface area contributed by atoms with Crippen molar-refractivity contribution in [2.75, 3.05) is 0 Å². The second-order valence-corrected chi connectivity index (χ2v) is 4.00. The Morgan fingerprint density at radius 3 is 2.58 bits per heavy atom. The highest BCUT2D eigenvalue weighted by Crippen LogP contribution is 2.29. The minimum Gasteiger partial charge on any atom is -0.406 e. The molecule has 19 heavy (non-hydrogen) atoms. The quantitative estimate of drug-likeness (QED) is 0.603. The molecule has 1 aromatic carbocycles. The average molecular weight is 292 g/mol. The van der Waals surface area contributed by atoms with E-state index in [0.717, 1.165) is 18.3 Å². The Morgan fingerprint density at radius 1 is 1.16 bits per heavy atom. The maximum Gasteiger partial charge on any atom is 0.573 e. The molecule has 100 valence electrons. The van der Waals surface area contributed by atoms with Gasteiger partial charge in [-0.15, -0.1) is 13.2 Å². The van der Waals surface area contributed by atoms with Gasteiger partial charge in [-0.1, -0.05) is 23.7 Å². The number of benzene rings is 1. The van der Waals surface area contributed by atoms with Crippen LogP contribution < -0.4 is 4.74 Å². The molecule has 0 aliphatic rings. The van der Waals surface area contributed by atoms with Crippen LogP contribution in [0.1, 0.15) is 0 Å². The fraction of sp³-hybridized carbons (Fsp3) is 0.0833. The highest BCUT2D eigenvalue weighted by Gasteiger charge is 2.31. The van der Waals surface area contributed by atoms with Crippen LogP contribution in [0.2, 0.25) is 5.02 Å². The van der Waals surface area contributed by atoms with Gasteiger partial charge in [0.15, 0.2) is 0 Å². The van der Waals surface area contributed by atoms with E-state index in [4.69, 9.17) is 11.6 Å². The first-order valence-electron chi connectivity index (χ1n) is 5.02. The molecule has 0 spiro atoms. The first kappa shape index (κ1) is 13.6. The lowest BCUT2D eigenvalue weighted by molar-refractivity contribution is -0.274. The zero-order valence-corrected chi connectivity index (χ0v) is 9.97. The van der Waals surface area contributed by atoms with Crippen molar-refractivity contribution < 1.29 is 22.3 Å². The third-order valence-corrected chi connectivity index (χ3v) is 2.39. The van der Waals surface area contributed by atoms with Crippen molar-refractivity contribution in [3.63, 3.8) is 0 Å². The summed E-state index contributed by atoms with van der Waals surface area (Å²) in [5.74, 6) is -1.27. The first-order chi connectivity index (χ1) is 8.85. The number of hydrogen-bond acceptors (Lipinski definition) is 2. The van der Waals surface area contributed by atoms with E-state index < -0.39 is 18.1 Å². The molecule has 2 aromatic rings. The molecule has 0 bridgehead atoms. The molecular formula is C12H6ClF4NO. The Bertz CT molecular complexity index is 601. The molecule has 2 nitrogen and oxygen atoms in total. The van der Waals surface area contributed by atoms with E-state index in [9.17, 15) is 17.6 Å². The second-order valence-electron chi connectivity index (χ2n) is 3.57. The Morgan fingerprint density at radius 2 is 1.89 bits per heavy atom. The zero-order valence-electron chi connectivity index (χ0n) is 9.21. The third kappa shape index (κ3) is 3.57. The van der Waals surface area contributed by atoms with Crippen LogP contribution in [0.25, 0.3) is 11.1 Å². The van der Waals surface area contributed by atoms with E-state index in [1.165, 1.54) is 18.2 Å². The molecule has 0 aliphatic heterocycles. The second kappa shape index (κ2) is 5.05. The van der Waals surface area contributed by atoms with E-state index in [2.05, 4.69) is 9.72 Å². The molecule has 0 aliphatic carbocycles. The maximum atomic E-state index is 13.5. The number of ether oxygens (including phenoxy) is 1. The lowest BCUT2D eigenvalue weighted by Crippen LogP contribution is -2.17. The van der Waals surface area contributed by atoms with Crippen molar-refractivity contribution in [1.29, 1.82) is 0 Å². The number of hydrogen-bond donors (Lipinski definition) is 0. The lowest BCUT2D eigenvalue weighted by atomic mass is 10.1.